The second kappa shape index (κ2) is 5.17. The average molecular weight is 280 g/mol. The van der Waals surface area contributed by atoms with E-state index in [1.807, 2.05) is 0 Å². The number of aliphatic hydroxyl groups excluding tert-OH is 2. The van der Waals surface area contributed by atoms with Gasteiger partial charge in [-0.15, -0.1) is 0 Å². The molecule has 0 saturated carbocycles. The standard InChI is InChI=1S/C8H8O11/c9-2-1-8(16,7(14)15)17-5(12)3(10)4(11)6(13)19-18-2/h3-4,10-11,16H,1H2,(H,14,15). The van der Waals surface area contributed by atoms with Crippen molar-refractivity contribution in [1.29, 1.82) is 0 Å². The maximum atomic E-state index is 11.2. The van der Waals surface area contributed by atoms with E-state index in [1.54, 1.807) is 0 Å². The van der Waals surface area contributed by atoms with Gasteiger partial charge in [0.05, 0.1) is 0 Å². The van der Waals surface area contributed by atoms with Gasteiger partial charge in [-0.1, -0.05) is 0 Å². The minimum absolute atomic E-state index is 1.40. The van der Waals surface area contributed by atoms with Crippen molar-refractivity contribution in [3.63, 3.8) is 0 Å². The fraction of sp³-hybridized carbons (Fsp3) is 0.500. The van der Waals surface area contributed by atoms with Crippen LogP contribution in [0.2, 0.25) is 0 Å². The third kappa shape index (κ3) is 3.15. The Kier molecular flexibility index (Phi) is 4.04. The molecule has 0 aromatic rings. The Morgan fingerprint density at radius 1 is 1.11 bits per heavy atom. The summed E-state index contributed by atoms with van der Waals surface area (Å²) in [5, 5.41) is 36.3. The first-order valence-corrected chi connectivity index (χ1v) is 4.63. The summed E-state index contributed by atoms with van der Waals surface area (Å²) in [5.74, 6) is -10.6. The SMILES string of the molecule is O=C1CC(O)(C(=O)O)OC(=O)C(O)C(O)C(=O)OO1. The molecule has 1 aliphatic heterocycles. The van der Waals surface area contributed by atoms with Crippen molar-refractivity contribution >= 4 is 23.9 Å². The van der Waals surface area contributed by atoms with E-state index in [0.717, 1.165) is 0 Å². The highest BCUT2D eigenvalue weighted by Gasteiger charge is 2.48. The highest BCUT2D eigenvalue weighted by molar-refractivity contribution is 5.90. The number of carboxylic acid groups (broad SMARTS) is 1. The van der Waals surface area contributed by atoms with Crippen LogP contribution in [0.15, 0.2) is 0 Å². The molecule has 1 rings (SSSR count). The van der Waals surface area contributed by atoms with E-state index in [1.165, 1.54) is 0 Å². The van der Waals surface area contributed by atoms with Crippen molar-refractivity contribution in [3.05, 3.63) is 0 Å². The van der Waals surface area contributed by atoms with E-state index in [4.69, 9.17) is 15.3 Å². The lowest BCUT2D eigenvalue weighted by molar-refractivity contribution is -0.281. The molecule has 1 saturated heterocycles. The third-order valence-electron chi connectivity index (χ3n) is 1.99. The van der Waals surface area contributed by atoms with Crippen molar-refractivity contribution in [2.24, 2.45) is 0 Å². The van der Waals surface area contributed by atoms with Crippen molar-refractivity contribution in [1.82, 2.24) is 0 Å². The molecule has 11 nitrogen and oxygen atoms in total. The number of hydrogen-bond acceptors (Lipinski definition) is 10. The van der Waals surface area contributed by atoms with Crippen molar-refractivity contribution in [3.8, 4) is 0 Å². The predicted molar refractivity (Wildman–Crippen MR) is 47.5 cm³/mol. The monoisotopic (exact) mass is 280 g/mol. The molecular weight excluding hydrogens is 272 g/mol. The molecule has 0 radical (unpaired) electrons. The summed E-state index contributed by atoms with van der Waals surface area (Å²) >= 11 is 0. The summed E-state index contributed by atoms with van der Waals surface area (Å²) in [6.07, 6.45) is -6.42. The normalized spacial score (nSPS) is 32.9. The molecule has 1 fully saturated rings. The predicted octanol–water partition coefficient (Wildman–Crippen LogP) is -3.57. The van der Waals surface area contributed by atoms with Gasteiger partial charge in [0.15, 0.2) is 12.2 Å². The first-order valence-electron chi connectivity index (χ1n) is 4.63. The second-order valence-electron chi connectivity index (χ2n) is 3.43. The molecule has 0 bridgehead atoms. The Labute approximate surface area is 103 Å². The topological polar surface area (TPSA) is 177 Å². The van der Waals surface area contributed by atoms with Crippen LogP contribution in [0, 0.1) is 0 Å². The zero-order valence-corrected chi connectivity index (χ0v) is 9.01. The van der Waals surface area contributed by atoms with Gasteiger partial charge in [-0.3, -0.25) is 0 Å². The molecule has 11 heteroatoms. The lowest BCUT2D eigenvalue weighted by Crippen LogP contribution is -2.51. The van der Waals surface area contributed by atoms with Gasteiger partial charge in [-0.05, 0) is 0 Å². The highest BCUT2D eigenvalue weighted by Crippen LogP contribution is 2.18. The van der Waals surface area contributed by atoms with E-state index in [0.29, 0.717) is 0 Å². The Balaban J connectivity index is 3.06. The van der Waals surface area contributed by atoms with Gasteiger partial charge in [0, 0.05) is 0 Å². The number of carbonyl (C=O) groups is 4. The Bertz CT molecular complexity index is 428. The molecular formula is C8H8O11. The highest BCUT2D eigenvalue weighted by atomic mass is 17.2. The summed E-state index contributed by atoms with van der Waals surface area (Å²) < 4.78 is 3.98. The molecule has 4 N–H and O–H groups in total. The molecule has 0 aliphatic carbocycles. The maximum absolute atomic E-state index is 11.2. The molecule has 1 heterocycles. The Morgan fingerprint density at radius 3 is 2.16 bits per heavy atom. The van der Waals surface area contributed by atoms with E-state index in [-0.39, 0.29) is 0 Å². The van der Waals surface area contributed by atoms with Crippen LogP contribution < -0.4 is 0 Å². The number of ether oxygens (including phenoxy) is 1. The summed E-state index contributed by atoms with van der Waals surface area (Å²) in [7, 11) is 0. The van der Waals surface area contributed by atoms with Crippen LogP contribution in [0.25, 0.3) is 0 Å². The van der Waals surface area contributed by atoms with Crippen molar-refractivity contribution in [2.75, 3.05) is 0 Å². The lowest BCUT2D eigenvalue weighted by atomic mass is 10.1. The van der Waals surface area contributed by atoms with Crippen LogP contribution in [0.3, 0.4) is 0 Å². The van der Waals surface area contributed by atoms with E-state index in [9.17, 15) is 24.3 Å². The summed E-state index contributed by atoms with van der Waals surface area (Å²) in [6.45, 7) is 0. The maximum Gasteiger partial charge on any atom is 0.387 e. The van der Waals surface area contributed by atoms with Gasteiger partial charge >= 0.3 is 29.7 Å². The first kappa shape index (κ1) is 14.8. The molecule has 1 aliphatic rings. The molecule has 0 aromatic heterocycles. The minimum Gasteiger partial charge on any atom is -0.476 e. The summed E-state index contributed by atoms with van der Waals surface area (Å²) in [6, 6.07) is 0. The fourth-order valence-electron chi connectivity index (χ4n) is 1.00. The third-order valence-corrected chi connectivity index (χ3v) is 1.99. The molecule has 0 spiro atoms. The average Bonchev–Trinajstić information content (AvgIpc) is 2.32. The quantitative estimate of drug-likeness (QED) is 0.276. The van der Waals surface area contributed by atoms with Crippen LogP contribution in [0.4, 0.5) is 0 Å². The van der Waals surface area contributed by atoms with Crippen LogP contribution in [0.5, 0.6) is 0 Å². The van der Waals surface area contributed by atoms with E-state index in [2.05, 4.69) is 14.5 Å². The smallest absolute Gasteiger partial charge is 0.387 e. The number of aliphatic hydroxyl groups is 3. The number of esters is 1. The second-order valence-corrected chi connectivity index (χ2v) is 3.43. The first-order chi connectivity index (χ1) is 8.67. The summed E-state index contributed by atoms with van der Waals surface area (Å²) in [5.41, 5.74) is 0. The number of hydrogen-bond donors (Lipinski definition) is 4. The number of cyclic esters (lactones) is 1. The van der Waals surface area contributed by atoms with Crippen LogP contribution in [-0.2, 0) is 33.7 Å². The van der Waals surface area contributed by atoms with Crippen LogP contribution in [0.1, 0.15) is 6.42 Å². The van der Waals surface area contributed by atoms with Gasteiger partial charge in [0.2, 0.25) is 0 Å². The molecule has 3 atom stereocenters. The molecule has 106 valence electrons. The zero-order valence-electron chi connectivity index (χ0n) is 9.01. The van der Waals surface area contributed by atoms with E-state index < -0.39 is 48.3 Å². The molecule has 19 heavy (non-hydrogen) atoms. The van der Waals surface area contributed by atoms with Gasteiger partial charge in [0.25, 0.3) is 0 Å². The number of rotatable bonds is 1. The fourth-order valence-corrected chi connectivity index (χ4v) is 1.00. The van der Waals surface area contributed by atoms with Crippen molar-refractivity contribution < 1.29 is 54.1 Å². The van der Waals surface area contributed by atoms with Gasteiger partial charge < -0.3 is 25.2 Å². The van der Waals surface area contributed by atoms with Crippen molar-refractivity contribution in [2.45, 2.75) is 24.4 Å². The number of carbonyl (C=O) groups excluding carboxylic acids is 3. The Morgan fingerprint density at radius 2 is 1.63 bits per heavy atom. The molecule has 3 unspecified atom stereocenters. The van der Waals surface area contributed by atoms with Crippen LogP contribution >= 0.6 is 0 Å². The van der Waals surface area contributed by atoms with Crippen LogP contribution in [-0.4, -0.2) is 62.3 Å². The number of carboxylic acids is 1. The number of aliphatic carboxylic acids is 1. The van der Waals surface area contributed by atoms with Gasteiger partial charge in [-0.2, -0.15) is 0 Å². The largest absolute Gasteiger partial charge is 0.476 e. The minimum atomic E-state index is -3.33. The zero-order chi connectivity index (χ0) is 14.8. The van der Waals surface area contributed by atoms with E-state index >= 15 is 0 Å². The molecule has 0 amide bonds. The lowest BCUT2D eigenvalue weighted by Gasteiger charge is -2.25. The van der Waals surface area contributed by atoms with Gasteiger partial charge in [-0.25, -0.2) is 29.0 Å². The Hall–Kier alpha value is -2.24. The summed E-state index contributed by atoms with van der Waals surface area (Å²) in [4.78, 5) is 51.3. The molecule has 0 aromatic carbocycles. The van der Waals surface area contributed by atoms with Gasteiger partial charge in [0.1, 0.15) is 6.42 Å².